The first kappa shape index (κ1) is 34.5. The van der Waals surface area contributed by atoms with E-state index in [4.69, 9.17) is 0 Å². The Labute approximate surface area is 336 Å². The lowest BCUT2D eigenvalue weighted by molar-refractivity contribution is 0.768. The summed E-state index contributed by atoms with van der Waals surface area (Å²) in [4.78, 5) is 2.53. The number of nitrogens with zero attached hydrogens (tertiary/aromatic N) is 1. The van der Waals surface area contributed by atoms with Crippen LogP contribution in [0.25, 0.3) is 44.2 Å². The molecule has 10 rings (SSSR count). The average molecular weight is 730 g/mol. The highest BCUT2D eigenvalue weighted by atomic mass is 15.1. The van der Waals surface area contributed by atoms with Crippen molar-refractivity contribution < 1.29 is 0 Å². The summed E-state index contributed by atoms with van der Waals surface area (Å²) in [5.74, 6) is 0.349. The Morgan fingerprint density at radius 1 is 0.368 bits per heavy atom. The Kier molecular flexibility index (Phi) is 8.65. The molecule has 57 heavy (non-hydrogen) atoms. The Balaban J connectivity index is 1.33. The minimum Gasteiger partial charge on any atom is -0.309 e. The van der Waals surface area contributed by atoms with Crippen molar-refractivity contribution in [1.82, 2.24) is 0 Å². The van der Waals surface area contributed by atoms with Crippen LogP contribution in [0.2, 0.25) is 0 Å². The quantitative estimate of drug-likeness (QED) is 0.151. The molecule has 0 unspecified atom stereocenters. The average Bonchev–Trinajstić information content (AvgIpc) is 3.58. The van der Waals surface area contributed by atoms with Gasteiger partial charge in [0.2, 0.25) is 0 Å². The summed E-state index contributed by atoms with van der Waals surface area (Å²) in [6.45, 7) is 4.60. The van der Waals surface area contributed by atoms with E-state index in [1.165, 1.54) is 72.0 Å². The largest absolute Gasteiger partial charge is 0.309 e. The second-order valence-corrected chi connectivity index (χ2v) is 15.4. The maximum Gasteiger partial charge on any atom is 0.0714 e. The van der Waals surface area contributed by atoms with Crippen LogP contribution in [-0.2, 0) is 5.41 Å². The van der Waals surface area contributed by atoms with E-state index in [1.54, 1.807) is 0 Å². The number of fused-ring (bicyclic) bond motifs is 4. The van der Waals surface area contributed by atoms with E-state index in [0.29, 0.717) is 5.92 Å². The Morgan fingerprint density at radius 2 is 0.895 bits per heavy atom. The summed E-state index contributed by atoms with van der Waals surface area (Å²) in [6.07, 6.45) is 0. The van der Waals surface area contributed by atoms with Crippen LogP contribution in [0.3, 0.4) is 0 Å². The zero-order chi connectivity index (χ0) is 38.3. The van der Waals surface area contributed by atoms with Crippen LogP contribution in [-0.4, -0.2) is 0 Å². The number of hydrogen-bond donors (Lipinski definition) is 0. The predicted octanol–water partition coefficient (Wildman–Crippen LogP) is 15.1. The van der Waals surface area contributed by atoms with Gasteiger partial charge in [-0.05, 0) is 97.1 Å². The number of benzene rings is 9. The summed E-state index contributed by atoms with van der Waals surface area (Å²) in [5, 5.41) is 2.43. The van der Waals surface area contributed by atoms with E-state index in [9.17, 15) is 0 Å². The highest BCUT2D eigenvalue weighted by Crippen LogP contribution is 2.58. The lowest BCUT2D eigenvalue weighted by atomic mass is 9.67. The lowest BCUT2D eigenvalue weighted by Crippen LogP contribution is -2.28. The monoisotopic (exact) mass is 729 g/mol. The first-order valence-electron chi connectivity index (χ1n) is 20.0. The molecular weight excluding hydrogens is 687 g/mol. The summed E-state index contributed by atoms with van der Waals surface area (Å²) in [6, 6.07) is 80.7. The molecule has 0 bridgehead atoms. The van der Waals surface area contributed by atoms with Crippen molar-refractivity contribution in [2.24, 2.45) is 0 Å². The van der Waals surface area contributed by atoms with Crippen molar-refractivity contribution in [2.45, 2.75) is 25.2 Å². The van der Waals surface area contributed by atoms with E-state index in [1.807, 2.05) is 0 Å². The topological polar surface area (TPSA) is 3.24 Å². The molecule has 0 spiro atoms. The van der Waals surface area contributed by atoms with Gasteiger partial charge in [0.25, 0.3) is 0 Å². The molecule has 0 aromatic heterocycles. The zero-order valence-corrected chi connectivity index (χ0v) is 32.3. The molecule has 9 aromatic carbocycles. The molecule has 1 heteroatoms. The summed E-state index contributed by atoms with van der Waals surface area (Å²) < 4.78 is 0. The van der Waals surface area contributed by atoms with E-state index < -0.39 is 5.41 Å². The minimum atomic E-state index is -0.522. The van der Waals surface area contributed by atoms with Crippen molar-refractivity contribution in [2.75, 3.05) is 4.90 Å². The standard InChI is InChI=1S/C56H43N/c1-39(2)46-28-14-15-30-48(46)51-36-41-22-12-13-23-42(41)37-55(51)57(54-33-19-17-29-47(54)40-20-6-3-7-21-40)45-34-35-50-49-31-16-18-32-52(49)56(53(50)38-45,43-24-8-4-9-25-43)44-26-10-5-11-27-44/h3-39H,1-2H3. The molecule has 0 saturated carbocycles. The van der Waals surface area contributed by atoms with E-state index in [2.05, 4.69) is 237 Å². The molecule has 0 amide bonds. The third kappa shape index (κ3) is 5.69. The van der Waals surface area contributed by atoms with Crippen molar-refractivity contribution in [3.63, 3.8) is 0 Å². The van der Waals surface area contributed by atoms with Crippen LogP contribution in [0.1, 0.15) is 47.6 Å². The fourth-order valence-electron chi connectivity index (χ4n) is 9.38. The van der Waals surface area contributed by atoms with Gasteiger partial charge in [-0.2, -0.15) is 0 Å². The van der Waals surface area contributed by atoms with Gasteiger partial charge in [0.05, 0.1) is 16.8 Å². The first-order chi connectivity index (χ1) is 28.1. The van der Waals surface area contributed by atoms with Gasteiger partial charge in [0.1, 0.15) is 0 Å². The van der Waals surface area contributed by atoms with Gasteiger partial charge in [-0.25, -0.2) is 0 Å². The van der Waals surface area contributed by atoms with Crippen LogP contribution in [0, 0.1) is 0 Å². The number of anilines is 3. The lowest BCUT2D eigenvalue weighted by Gasteiger charge is -2.35. The molecule has 1 aliphatic carbocycles. The van der Waals surface area contributed by atoms with Gasteiger partial charge in [0.15, 0.2) is 0 Å². The maximum absolute atomic E-state index is 2.53. The summed E-state index contributed by atoms with van der Waals surface area (Å²) in [5.41, 5.74) is 16.7. The number of hydrogen-bond acceptors (Lipinski definition) is 1. The molecule has 1 aliphatic rings. The maximum atomic E-state index is 2.53. The molecule has 0 aliphatic heterocycles. The molecular formula is C56H43N. The van der Waals surface area contributed by atoms with Gasteiger partial charge < -0.3 is 4.90 Å². The van der Waals surface area contributed by atoms with Gasteiger partial charge in [0, 0.05) is 16.8 Å². The number of rotatable bonds is 8. The van der Waals surface area contributed by atoms with Crippen LogP contribution in [0.4, 0.5) is 17.1 Å². The highest BCUT2D eigenvalue weighted by molar-refractivity contribution is 6.01. The van der Waals surface area contributed by atoms with Gasteiger partial charge in [-0.15, -0.1) is 0 Å². The molecule has 0 N–H and O–H groups in total. The van der Waals surface area contributed by atoms with Crippen molar-refractivity contribution >= 4 is 27.8 Å². The Morgan fingerprint density at radius 3 is 1.58 bits per heavy atom. The molecule has 0 fully saturated rings. The number of para-hydroxylation sites is 1. The molecule has 0 saturated heterocycles. The normalized spacial score (nSPS) is 12.7. The molecule has 272 valence electrons. The Bertz CT molecular complexity index is 2830. The predicted molar refractivity (Wildman–Crippen MR) is 241 cm³/mol. The van der Waals surface area contributed by atoms with Gasteiger partial charge >= 0.3 is 0 Å². The third-order valence-corrected chi connectivity index (χ3v) is 11.9. The zero-order valence-electron chi connectivity index (χ0n) is 32.3. The Hall–Kier alpha value is -6.96. The fraction of sp³-hybridized carbons (Fsp3) is 0.0714. The summed E-state index contributed by atoms with van der Waals surface area (Å²) >= 11 is 0. The van der Waals surface area contributed by atoms with Crippen molar-refractivity contribution in [3.8, 4) is 33.4 Å². The molecule has 9 aromatic rings. The molecule has 0 atom stereocenters. The molecule has 1 nitrogen and oxygen atoms in total. The second kappa shape index (κ2) is 14.3. The van der Waals surface area contributed by atoms with Gasteiger partial charge in [-0.3, -0.25) is 0 Å². The van der Waals surface area contributed by atoms with E-state index in [0.717, 1.165) is 17.1 Å². The molecule has 0 heterocycles. The van der Waals surface area contributed by atoms with E-state index in [-0.39, 0.29) is 0 Å². The molecule has 0 radical (unpaired) electrons. The fourth-order valence-corrected chi connectivity index (χ4v) is 9.38. The van der Waals surface area contributed by atoms with Crippen LogP contribution >= 0.6 is 0 Å². The van der Waals surface area contributed by atoms with Crippen LogP contribution in [0.5, 0.6) is 0 Å². The SMILES string of the molecule is CC(C)c1ccccc1-c1cc2ccccc2cc1N(c1ccc2c(c1)C(c1ccccc1)(c1ccccc1)c1ccccc1-2)c1ccccc1-c1ccccc1. The highest BCUT2D eigenvalue weighted by Gasteiger charge is 2.46. The summed E-state index contributed by atoms with van der Waals surface area (Å²) in [7, 11) is 0. The minimum absolute atomic E-state index is 0.349. The first-order valence-corrected chi connectivity index (χ1v) is 20.0. The van der Waals surface area contributed by atoms with Crippen molar-refractivity contribution in [3.05, 3.63) is 246 Å². The van der Waals surface area contributed by atoms with Crippen LogP contribution < -0.4 is 4.90 Å². The second-order valence-electron chi connectivity index (χ2n) is 15.4. The van der Waals surface area contributed by atoms with E-state index >= 15 is 0 Å². The van der Waals surface area contributed by atoms with Crippen LogP contribution in [0.15, 0.2) is 218 Å². The smallest absolute Gasteiger partial charge is 0.0714 e. The third-order valence-electron chi connectivity index (χ3n) is 11.9. The van der Waals surface area contributed by atoms with Crippen molar-refractivity contribution in [1.29, 1.82) is 0 Å². The van der Waals surface area contributed by atoms with Gasteiger partial charge in [-0.1, -0.05) is 202 Å².